The highest BCUT2D eigenvalue weighted by Crippen LogP contribution is 2.31. The van der Waals surface area contributed by atoms with Gasteiger partial charge in [-0.1, -0.05) is 13.3 Å². The molecule has 0 unspecified atom stereocenters. The minimum atomic E-state index is -1.13. The van der Waals surface area contributed by atoms with Crippen molar-refractivity contribution in [2.75, 3.05) is 47.5 Å². The van der Waals surface area contributed by atoms with Crippen LogP contribution in [-0.4, -0.2) is 60.1 Å². The highest BCUT2D eigenvalue weighted by Gasteiger charge is 2.39. The maximum atomic E-state index is 14.6. The smallest absolute Gasteiger partial charge is 0.415 e. The number of carbonyl (C=O) groups is 2. The molecule has 10 heteroatoms. The molecule has 0 N–H and O–H groups in total. The normalized spacial score (nSPS) is 20.4. The first-order valence-electron chi connectivity index (χ1n) is 9.14. The summed E-state index contributed by atoms with van der Waals surface area (Å²) in [4.78, 5) is 26.5. The van der Waals surface area contributed by atoms with Crippen molar-refractivity contribution >= 4 is 34.2 Å². The van der Waals surface area contributed by atoms with Crippen molar-refractivity contribution in [3.05, 3.63) is 23.8 Å². The van der Waals surface area contributed by atoms with Gasteiger partial charge in [0.05, 0.1) is 18.8 Å². The highest BCUT2D eigenvalue weighted by atomic mass is 32.2. The third-order valence-corrected chi connectivity index (χ3v) is 5.90. The standard InChI is InChI=1S/C18H22F2N2O5S/c1-2-3-6-26-17(23)15-11-22(18(24)27-15)12-9-13(19)16(14(20)10-12)21-4-7-28(25)8-5-21/h9-10,15H,2-8,11H2,1H3/t15-/m1/s1. The van der Waals surface area contributed by atoms with E-state index < -0.39 is 40.6 Å². The van der Waals surface area contributed by atoms with E-state index in [0.717, 1.165) is 23.5 Å². The van der Waals surface area contributed by atoms with E-state index in [1.165, 1.54) is 4.90 Å². The SMILES string of the molecule is CCCCOC(=O)[C@H]1CN(c2cc(F)c(N3CCS(=O)CC3)c(F)c2)C(=O)O1. The first-order chi connectivity index (χ1) is 13.4. The van der Waals surface area contributed by atoms with Crippen LogP contribution in [0, 0.1) is 11.6 Å². The van der Waals surface area contributed by atoms with Crippen molar-refractivity contribution in [2.24, 2.45) is 0 Å². The maximum Gasteiger partial charge on any atom is 0.415 e. The number of rotatable bonds is 6. The number of hydrogen-bond acceptors (Lipinski definition) is 6. The van der Waals surface area contributed by atoms with Crippen LogP contribution in [0.4, 0.5) is 25.0 Å². The van der Waals surface area contributed by atoms with Crippen LogP contribution in [0.5, 0.6) is 0 Å². The quantitative estimate of drug-likeness (QED) is 0.523. The number of ether oxygens (including phenoxy) is 2. The molecule has 1 aromatic rings. The summed E-state index contributed by atoms with van der Waals surface area (Å²) in [6.45, 7) is 2.57. The van der Waals surface area contributed by atoms with Crippen molar-refractivity contribution in [1.29, 1.82) is 0 Å². The molecule has 2 aliphatic rings. The summed E-state index contributed by atoms with van der Waals surface area (Å²) in [5.41, 5.74) is -0.239. The van der Waals surface area contributed by atoms with Gasteiger partial charge in [0, 0.05) is 47.5 Å². The fourth-order valence-corrected chi connectivity index (χ4v) is 4.13. The molecule has 0 saturated carbocycles. The predicted octanol–water partition coefficient (Wildman–Crippen LogP) is 2.20. The Morgan fingerprint density at radius 3 is 2.54 bits per heavy atom. The predicted molar refractivity (Wildman–Crippen MR) is 99.9 cm³/mol. The van der Waals surface area contributed by atoms with Gasteiger partial charge < -0.3 is 14.4 Å². The molecule has 0 spiro atoms. The number of esters is 1. The van der Waals surface area contributed by atoms with Gasteiger partial charge in [-0.15, -0.1) is 0 Å². The van der Waals surface area contributed by atoms with Crippen molar-refractivity contribution in [2.45, 2.75) is 25.9 Å². The average Bonchev–Trinajstić information content (AvgIpc) is 3.04. The van der Waals surface area contributed by atoms with E-state index in [1.807, 2.05) is 6.92 Å². The number of carbonyl (C=O) groups excluding carboxylic acids is 2. The summed E-state index contributed by atoms with van der Waals surface area (Å²) in [6, 6.07) is 2.08. The van der Waals surface area contributed by atoms with Crippen LogP contribution in [0.2, 0.25) is 0 Å². The fraction of sp³-hybridized carbons (Fsp3) is 0.556. The third-order valence-electron chi connectivity index (χ3n) is 4.62. The topological polar surface area (TPSA) is 76.2 Å². The van der Waals surface area contributed by atoms with Crippen LogP contribution in [0.3, 0.4) is 0 Å². The number of hydrogen-bond donors (Lipinski definition) is 0. The Morgan fingerprint density at radius 2 is 1.93 bits per heavy atom. The Balaban J connectivity index is 1.72. The van der Waals surface area contributed by atoms with Crippen molar-refractivity contribution in [1.82, 2.24) is 0 Å². The second kappa shape index (κ2) is 8.85. The molecule has 0 aromatic heterocycles. The molecule has 1 atom stereocenters. The molecule has 3 rings (SSSR count). The van der Waals surface area contributed by atoms with Gasteiger partial charge in [-0.25, -0.2) is 18.4 Å². The molecule has 0 aliphatic carbocycles. The van der Waals surface area contributed by atoms with Gasteiger partial charge in [0.1, 0.15) is 5.69 Å². The number of unbranched alkanes of at least 4 members (excludes halogenated alkanes) is 1. The molecule has 154 valence electrons. The van der Waals surface area contributed by atoms with Gasteiger partial charge in [0.25, 0.3) is 0 Å². The molecular weight excluding hydrogens is 394 g/mol. The number of nitrogens with zero attached hydrogens (tertiary/aromatic N) is 2. The van der Waals surface area contributed by atoms with E-state index in [-0.39, 0.29) is 37.6 Å². The molecule has 7 nitrogen and oxygen atoms in total. The highest BCUT2D eigenvalue weighted by molar-refractivity contribution is 7.85. The molecule has 1 amide bonds. The lowest BCUT2D eigenvalue weighted by Crippen LogP contribution is -2.38. The second-order valence-electron chi connectivity index (χ2n) is 6.60. The molecular formula is C18H22F2N2O5S. The maximum absolute atomic E-state index is 14.6. The van der Waals surface area contributed by atoms with Crippen LogP contribution in [0.1, 0.15) is 19.8 Å². The lowest BCUT2D eigenvalue weighted by atomic mass is 10.2. The second-order valence-corrected chi connectivity index (χ2v) is 8.29. The molecule has 2 heterocycles. The summed E-state index contributed by atoms with van der Waals surface area (Å²) >= 11 is 0. The van der Waals surface area contributed by atoms with Crippen LogP contribution in [-0.2, 0) is 25.1 Å². The zero-order chi connectivity index (χ0) is 20.3. The largest absolute Gasteiger partial charge is 0.463 e. The molecule has 1 aromatic carbocycles. The van der Waals surface area contributed by atoms with Gasteiger partial charge in [-0.2, -0.15) is 0 Å². The summed E-state index contributed by atoms with van der Waals surface area (Å²) < 4.78 is 50.7. The fourth-order valence-electron chi connectivity index (χ4n) is 3.08. The third kappa shape index (κ3) is 4.43. The Morgan fingerprint density at radius 1 is 1.29 bits per heavy atom. The summed E-state index contributed by atoms with van der Waals surface area (Å²) in [5, 5.41) is 0. The Kier molecular flexibility index (Phi) is 6.48. The van der Waals surface area contributed by atoms with Crippen LogP contribution in [0.25, 0.3) is 0 Å². The molecule has 0 radical (unpaired) electrons. The first kappa shape index (κ1) is 20.5. The van der Waals surface area contributed by atoms with E-state index in [9.17, 15) is 22.6 Å². The van der Waals surface area contributed by atoms with Crippen LogP contribution < -0.4 is 9.80 Å². The van der Waals surface area contributed by atoms with Gasteiger partial charge in [0.15, 0.2) is 11.6 Å². The van der Waals surface area contributed by atoms with E-state index in [1.54, 1.807) is 0 Å². The Bertz CT molecular complexity index is 758. The molecule has 28 heavy (non-hydrogen) atoms. The van der Waals surface area contributed by atoms with Crippen molar-refractivity contribution < 1.29 is 32.1 Å². The molecule has 2 aliphatic heterocycles. The van der Waals surface area contributed by atoms with E-state index in [0.29, 0.717) is 17.9 Å². The van der Waals surface area contributed by atoms with E-state index in [2.05, 4.69) is 0 Å². The van der Waals surface area contributed by atoms with Gasteiger partial charge in [0.2, 0.25) is 6.10 Å². The zero-order valence-electron chi connectivity index (χ0n) is 15.5. The number of cyclic esters (lactones) is 1. The van der Waals surface area contributed by atoms with Crippen molar-refractivity contribution in [3.63, 3.8) is 0 Å². The lowest BCUT2D eigenvalue weighted by molar-refractivity contribution is -0.151. The number of benzene rings is 1. The van der Waals surface area contributed by atoms with Crippen LogP contribution >= 0.6 is 0 Å². The minimum absolute atomic E-state index is 0.0341. The van der Waals surface area contributed by atoms with Gasteiger partial charge in [-0.3, -0.25) is 9.11 Å². The van der Waals surface area contributed by atoms with Gasteiger partial charge in [-0.05, 0) is 6.42 Å². The summed E-state index contributed by atoms with van der Waals surface area (Å²) in [6.07, 6.45) is -0.454. The number of anilines is 2. The van der Waals surface area contributed by atoms with Crippen LogP contribution in [0.15, 0.2) is 12.1 Å². The number of halogens is 2. The van der Waals surface area contributed by atoms with Gasteiger partial charge >= 0.3 is 12.1 Å². The number of amides is 1. The minimum Gasteiger partial charge on any atom is -0.463 e. The molecule has 2 saturated heterocycles. The summed E-state index contributed by atoms with van der Waals surface area (Å²) in [5.74, 6) is -1.64. The Hall–Kier alpha value is -2.23. The molecule has 0 bridgehead atoms. The van der Waals surface area contributed by atoms with E-state index >= 15 is 0 Å². The Labute approximate surface area is 164 Å². The monoisotopic (exact) mass is 416 g/mol. The summed E-state index contributed by atoms with van der Waals surface area (Å²) in [7, 11) is -0.971. The molecule has 2 fully saturated rings. The zero-order valence-corrected chi connectivity index (χ0v) is 16.3. The lowest BCUT2D eigenvalue weighted by Gasteiger charge is -2.29. The first-order valence-corrected chi connectivity index (χ1v) is 10.6. The average molecular weight is 416 g/mol. The van der Waals surface area contributed by atoms with E-state index in [4.69, 9.17) is 9.47 Å². The van der Waals surface area contributed by atoms with Crippen molar-refractivity contribution in [3.8, 4) is 0 Å².